The molecule has 0 aliphatic rings. The Morgan fingerprint density at radius 1 is 1.40 bits per heavy atom. The van der Waals surface area contributed by atoms with Gasteiger partial charge >= 0.3 is 5.69 Å². The first-order valence-corrected chi connectivity index (χ1v) is 5.81. The molecule has 0 amide bonds. The normalized spacial score (nSPS) is 9.85. The third-order valence-corrected chi connectivity index (χ3v) is 2.62. The highest BCUT2D eigenvalue weighted by atomic mass is 35.5. The highest BCUT2D eigenvalue weighted by molar-refractivity contribution is 6.32. The van der Waals surface area contributed by atoms with E-state index in [0.29, 0.717) is 0 Å². The van der Waals surface area contributed by atoms with Gasteiger partial charge in [0, 0.05) is 6.07 Å². The molecule has 0 N–H and O–H groups in total. The summed E-state index contributed by atoms with van der Waals surface area (Å²) in [4.78, 5) is 17.6. The monoisotopic (exact) mass is 310 g/mol. The van der Waals surface area contributed by atoms with Crippen LogP contribution in [0.3, 0.4) is 0 Å². The average molecular weight is 311 g/mol. The van der Waals surface area contributed by atoms with Crippen LogP contribution in [-0.4, -0.2) is 14.9 Å². The summed E-state index contributed by atoms with van der Waals surface area (Å²) in [7, 11) is 0. The molecule has 1 heterocycles. The second kappa shape index (κ2) is 5.69. The molecular weight excluding hydrogens is 307 g/mol. The van der Waals surface area contributed by atoms with Crippen molar-refractivity contribution in [1.29, 1.82) is 5.26 Å². The van der Waals surface area contributed by atoms with Crippen molar-refractivity contribution in [3.05, 3.63) is 50.4 Å². The van der Waals surface area contributed by atoms with Crippen molar-refractivity contribution in [3.63, 3.8) is 0 Å². The highest BCUT2D eigenvalue weighted by Gasteiger charge is 2.18. The second-order valence-corrected chi connectivity index (χ2v) is 4.19. The SMILES string of the molecule is N#Cc1ccc(Oc2nc(Cl)ncc2Cl)c([N+](=O)[O-])c1. The van der Waals surface area contributed by atoms with Crippen LogP contribution in [0, 0.1) is 21.4 Å². The van der Waals surface area contributed by atoms with E-state index in [1.54, 1.807) is 6.07 Å². The first kappa shape index (κ1) is 14.0. The third-order valence-electron chi connectivity index (χ3n) is 2.17. The zero-order chi connectivity index (χ0) is 14.7. The summed E-state index contributed by atoms with van der Waals surface area (Å²) in [6.07, 6.45) is 1.21. The van der Waals surface area contributed by atoms with E-state index in [2.05, 4.69) is 9.97 Å². The number of nitriles is 1. The van der Waals surface area contributed by atoms with Crippen molar-refractivity contribution >= 4 is 28.9 Å². The standard InChI is InChI=1S/C11H4Cl2N4O3/c12-7-5-15-11(13)16-10(7)20-9-2-1-6(4-14)3-8(9)17(18)19/h1-3,5H. The average Bonchev–Trinajstić information content (AvgIpc) is 2.43. The molecule has 1 aromatic heterocycles. The smallest absolute Gasteiger partial charge is 0.312 e. The van der Waals surface area contributed by atoms with E-state index in [1.165, 1.54) is 18.3 Å². The molecule has 0 unspecified atom stereocenters. The molecule has 0 atom stereocenters. The quantitative estimate of drug-likeness (QED) is 0.489. The molecule has 0 aliphatic heterocycles. The van der Waals surface area contributed by atoms with Crippen molar-refractivity contribution in [2.24, 2.45) is 0 Å². The van der Waals surface area contributed by atoms with Gasteiger partial charge in [-0.05, 0) is 23.7 Å². The third kappa shape index (κ3) is 2.93. The molecule has 2 rings (SSSR count). The van der Waals surface area contributed by atoms with Crippen LogP contribution < -0.4 is 4.74 Å². The number of benzene rings is 1. The van der Waals surface area contributed by atoms with Gasteiger partial charge in [0.1, 0.15) is 5.02 Å². The van der Waals surface area contributed by atoms with Crippen molar-refractivity contribution in [2.45, 2.75) is 0 Å². The van der Waals surface area contributed by atoms with Crippen molar-refractivity contribution in [3.8, 4) is 17.7 Å². The lowest BCUT2D eigenvalue weighted by Gasteiger charge is -2.06. The Labute approximate surface area is 122 Å². The van der Waals surface area contributed by atoms with Gasteiger partial charge in [0.2, 0.25) is 16.9 Å². The van der Waals surface area contributed by atoms with Gasteiger partial charge in [0.25, 0.3) is 0 Å². The number of rotatable bonds is 3. The molecule has 0 spiro atoms. The number of ether oxygens (including phenoxy) is 1. The van der Waals surface area contributed by atoms with Crippen molar-refractivity contribution < 1.29 is 9.66 Å². The Hall–Kier alpha value is -2.43. The minimum absolute atomic E-state index is 0.0491. The molecular formula is C11H4Cl2N4O3. The minimum Gasteiger partial charge on any atom is -0.430 e. The van der Waals surface area contributed by atoms with Gasteiger partial charge in [-0.15, -0.1) is 0 Å². The van der Waals surface area contributed by atoms with Crippen LogP contribution in [0.2, 0.25) is 10.3 Å². The molecule has 1 aromatic carbocycles. The second-order valence-electron chi connectivity index (χ2n) is 3.45. The Balaban J connectivity index is 2.46. The number of nitro groups is 1. The lowest BCUT2D eigenvalue weighted by molar-refractivity contribution is -0.385. The predicted octanol–water partition coefficient (Wildman–Crippen LogP) is 3.36. The number of nitrogens with zero attached hydrogens (tertiary/aromatic N) is 4. The maximum absolute atomic E-state index is 11.0. The fraction of sp³-hybridized carbons (Fsp3) is 0. The molecule has 0 bridgehead atoms. The lowest BCUT2D eigenvalue weighted by atomic mass is 10.2. The summed E-state index contributed by atoms with van der Waals surface area (Å²) in [6.45, 7) is 0. The van der Waals surface area contributed by atoms with Gasteiger partial charge in [-0.2, -0.15) is 10.2 Å². The van der Waals surface area contributed by atoms with Gasteiger partial charge < -0.3 is 4.74 Å². The summed E-state index contributed by atoms with van der Waals surface area (Å²) in [5, 5.41) is 19.6. The molecule has 0 fully saturated rings. The number of hydrogen-bond donors (Lipinski definition) is 0. The van der Waals surface area contributed by atoms with E-state index in [-0.39, 0.29) is 33.2 Å². The van der Waals surface area contributed by atoms with Gasteiger partial charge in [0.05, 0.1) is 22.8 Å². The fourth-order valence-corrected chi connectivity index (χ4v) is 1.58. The predicted molar refractivity (Wildman–Crippen MR) is 69.9 cm³/mol. The van der Waals surface area contributed by atoms with Gasteiger partial charge in [-0.1, -0.05) is 11.6 Å². The van der Waals surface area contributed by atoms with E-state index in [0.717, 1.165) is 6.07 Å². The molecule has 7 nitrogen and oxygen atoms in total. The molecule has 0 saturated carbocycles. The first-order valence-electron chi connectivity index (χ1n) is 5.05. The molecule has 0 radical (unpaired) electrons. The highest BCUT2D eigenvalue weighted by Crippen LogP contribution is 2.34. The maximum Gasteiger partial charge on any atom is 0.312 e. The summed E-state index contributed by atoms with van der Waals surface area (Å²) in [5.41, 5.74) is -0.245. The maximum atomic E-state index is 11.0. The number of aromatic nitrogens is 2. The Morgan fingerprint density at radius 2 is 2.15 bits per heavy atom. The van der Waals surface area contributed by atoms with Crippen LogP contribution in [0.25, 0.3) is 0 Å². The Morgan fingerprint density at radius 3 is 2.80 bits per heavy atom. The Bertz CT molecular complexity index is 730. The summed E-state index contributed by atoms with van der Waals surface area (Å²) >= 11 is 11.4. The van der Waals surface area contributed by atoms with Gasteiger partial charge in [0.15, 0.2) is 0 Å². The van der Waals surface area contributed by atoms with Crippen molar-refractivity contribution in [1.82, 2.24) is 9.97 Å². The van der Waals surface area contributed by atoms with Gasteiger partial charge in [-0.25, -0.2) is 4.98 Å². The number of hydrogen-bond acceptors (Lipinski definition) is 6. The van der Waals surface area contributed by atoms with E-state index in [1.807, 2.05) is 0 Å². The van der Waals surface area contributed by atoms with E-state index >= 15 is 0 Å². The lowest BCUT2D eigenvalue weighted by Crippen LogP contribution is -1.96. The molecule has 9 heteroatoms. The minimum atomic E-state index is -0.674. The van der Waals surface area contributed by atoms with E-state index < -0.39 is 4.92 Å². The Kier molecular flexibility index (Phi) is 3.98. The zero-order valence-electron chi connectivity index (χ0n) is 9.58. The zero-order valence-corrected chi connectivity index (χ0v) is 11.1. The van der Waals surface area contributed by atoms with Crippen LogP contribution >= 0.6 is 23.2 Å². The topological polar surface area (TPSA) is 102 Å². The summed E-state index contributed by atoms with van der Waals surface area (Å²) in [6, 6.07) is 5.55. The molecule has 2 aromatic rings. The van der Waals surface area contributed by atoms with Crippen LogP contribution in [-0.2, 0) is 0 Å². The van der Waals surface area contributed by atoms with Crippen molar-refractivity contribution in [2.75, 3.05) is 0 Å². The first-order chi connectivity index (χ1) is 9.51. The van der Waals surface area contributed by atoms with Crippen LogP contribution in [0.5, 0.6) is 11.6 Å². The van der Waals surface area contributed by atoms with E-state index in [9.17, 15) is 10.1 Å². The molecule has 0 saturated heterocycles. The summed E-state index contributed by atoms with van der Waals surface area (Å²) in [5.74, 6) is -0.217. The number of nitro benzene ring substituents is 1. The molecule has 0 aliphatic carbocycles. The molecule has 20 heavy (non-hydrogen) atoms. The van der Waals surface area contributed by atoms with Gasteiger partial charge in [-0.3, -0.25) is 10.1 Å². The van der Waals surface area contributed by atoms with Crippen LogP contribution in [0.15, 0.2) is 24.4 Å². The van der Waals surface area contributed by atoms with Crippen LogP contribution in [0.1, 0.15) is 5.56 Å². The molecule has 100 valence electrons. The van der Waals surface area contributed by atoms with Crippen LogP contribution in [0.4, 0.5) is 5.69 Å². The largest absolute Gasteiger partial charge is 0.430 e. The van der Waals surface area contributed by atoms with E-state index in [4.69, 9.17) is 33.2 Å². The fourth-order valence-electron chi connectivity index (χ4n) is 1.32. The summed E-state index contributed by atoms with van der Waals surface area (Å²) < 4.78 is 5.26. The number of halogens is 2.